The minimum atomic E-state index is -0.570. The summed E-state index contributed by atoms with van der Waals surface area (Å²) in [5.41, 5.74) is 3.40. The first kappa shape index (κ1) is 15.0. The van der Waals surface area contributed by atoms with Crippen molar-refractivity contribution >= 4 is 6.08 Å². The molecule has 1 rings (SSSR count). The summed E-state index contributed by atoms with van der Waals surface area (Å²) in [7, 11) is 0. The fraction of sp³-hybridized carbons (Fsp3) is 0.529. The number of benzene rings is 1. The number of aryl methyl sites for hydroxylation is 1. The first-order valence-electron chi connectivity index (χ1n) is 6.79. The highest BCUT2D eigenvalue weighted by Crippen LogP contribution is 2.20. The molecule has 18 heavy (non-hydrogen) atoms. The smallest absolute Gasteiger partial charge is 0.0594 e. The molecule has 0 aliphatic rings. The highest BCUT2D eigenvalue weighted by atomic mass is 16.3. The first-order chi connectivity index (χ1) is 8.29. The Morgan fingerprint density at radius 1 is 1.28 bits per heavy atom. The summed E-state index contributed by atoms with van der Waals surface area (Å²) in [5, 5.41) is 9.65. The predicted octanol–water partition coefficient (Wildman–Crippen LogP) is 4.68. The van der Waals surface area contributed by atoms with Crippen LogP contribution in [0.1, 0.15) is 63.1 Å². The molecule has 0 saturated carbocycles. The van der Waals surface area contributed by atoms with Crippen molar-refractivity contribution in [2.24, 2.45) is 0 Å². The van der Waals surface area contributed by atoms with E-state index in [9.17, 15) is 5.11 Å². The Hall–Kier alpha value is -1.08. The van der Waals surface area contributed by atoms with Crippen LogP contribution in [0.3, 0.4) is 0 Å². The van der Waals surface area contributed by atoms with Gasteiger partial charge in [-0.05, 0) is 56.2 Å². The molecule has 1 aromatic rings. The van der Waals surface area contributed by atoms with Gasteiger partial charge in [0.15, 0.2) is 0 Å². The molecule has 0 saturated heterocycles. The first-order valence-corrected chi connectivity index (χ1v) is 6.79. The van der Waals surface area contributed by atoms with Gasteiger partial charge in [0.05, 0.1) is 5.60 Å². The zero-order chi connectivity index (χ0) is 13.8. The lowest BCUT2D eigenvalue weighted by Gasteiger charge is -2.15. The fourth-order valence-corrected chi connectivity index (χ4v) is 1.84. The zero-order valence-electron chi connectivity index (χ0n) is 12.3. The topological polar surface area (TPSA) is 20.2 Å². The normalized spacial score (nSPS) is 12.6. The van der Waals surface area contributed by atoms with E-state index in [1.54, 1.807) is 0 Å². The van der Waals surface area contributed by atoms with Gasteiger partial charge in [-0.3, -0.25) is 0 Å². The van der Waals surface area contributed by atoms with Gasteiger partial charge in [-0.1, -0.05) is 44.2 Å². The molecule has 0 heterocycles. The van der Waals surface area contributed by atoms with Crippen LogP contribution in [0.4, 0.5) is 0 Å². The van der Waals surface area contributed by atoms with Crippen molar-refractivity contribution in [2.75, 3.05) is 0 Å². The summed E-state index contributed by atoms with van der Waals surface area (Å²) >= 11 is 0. The quantitative estimate of drug-likeness (QED) is 0.799. The van der Waals surface area contributed by atoms with Crippen LogP contribution in [-0.2, 0) is 0 Å². The Labute approximate surface area is 112 Å². The summed E-state index contributed by atoms with van der Waals surface area (Å²) in [5.74, 6) is 0.564. The van der Waals surface area contributed by atoms with Crippen LogP contribution in [0.5, 0.6) is 0 Å². The van der Waals surface area contributed by atoms with E-state index in [0.717, 1.165) is 12.8 Å². The monoisotopic (exact) mass is 246 g/mol. The van der Waals surface area contributed by atoms with Crippen molar-refractivity contribution in [1.82, 2.24) is 0 Å². The van der Waals surface area contributed by atoms with E-state index < -0.39 is 5.60 Å². The molecule has 100 valence electrons. The molecule has 0 radical (unpaired) electrons. The highest BCUT2D eigenvalue weighted by molar-refractivity contribution is 5.55. The Bertz CT molecular complexity index is 408. The fourth-order valence-electron chi connectivity index (χ4n) is 1.84. The molecule has 1 N–H and O–H groups in total. The van der Waals surface area contributed by atoms with E-state index in [0.29, 0.717) is 5.92 Å². The largest absolute Gasteiger partial charge is 0.390 e. The van der Waals surface area contributed by atoms with Crippen molar-refractivity contribution < 1.29 is 5.11 Å². The Morgan fingerprint density at radius 3 is 2.50 bits per heavy atom. The maximum absolute atomic E-state index is 9.65. The predicted molar refractivity (Wildman–Crippen MR) is 79.8 cm³/mol. The average Bonchev–Trinajstić information content (AvgIpc) is 2.24. The van der Waals surface area contributed by atoms with E-state index in [1.807, 2.05) is 13.8 Å². The molecule has 1 aromatic carbocycles. The number of hydrogen-bond acceptors (Lipinski definition) is 1. The molecule has 0 amide bonds. The Morgan fingerprint density at radius 2 is 1.94 bits per heavy atom. The van der Waals surface area contributed by atoms with Gasteiger partial charge >= 0.3 is 0 Å². The van der Waals surface area contributed by atoms with Gasteiger partial charge in [-0.25, -0.2) is 0 Å². The number of aliphatic hydroxyl groups is 1. The molecule has 0 bridgehead atoms. The lowest BCUT2D eigenvalue weighted by atomic mass is 9.97. The van der Waals surface area contributed by atoms with Crippen LogP contribution < -0.4 is 0 Å². The maximum Gasteiger partial charge on any atom is 0.0594 e. The van der Waals surface area contributed by atoms with Crippen LogP contribution in [0.25, 0.3) is 6.08 Å². The summed E-state index contributed by atoms with van der Waals surface area (Å²) in [6.45, 7) is 10.3. The van der Waals surface area contributed by atoms with Crippen molar-refractivity contribution in [2.45, 2.75) is 59.0 Å². The number of allylic oxidation sites excluding steroid dienone is 1. The van der Waals surface area contributed by atoms with E-state index in [-0.39, 0.29) is 0 Å². The molecular weight excluding hydrogens is 220 g/mol. The second-order valence-corrected chi connectivity index (χ2v) is 6.02. The molecule has 0 atom stereocenters. The molecule has 1 heteroatoms. The van der Waals surface area contributed by atoms with Crippen LogP contribution in [-0.4, -0.2) is 10.7 Å². The lowest BCUT2D eigenvalue weighted by Crippen LogP contribution is -2.17. The summed E-state index contributed by atoms with van der Waals surface area (Å²) < 4.78 is 0. The Kier molecular flexibility index (Phi) is 5.15. The minimum Gasteiger partial charge on any atom is -0.390 e. The maximum atomic E-state index is 9.65. The van der Waals surface area contributed by atoms with Gasteiger partial charge in [0, 0.05) is 0 Å². The highest BCUT2D eigenvalue weighted by Gasteiger charge is 2.09. The van der Waals surface area contributed by atoms with Gasteiger partial charge < -0.3 is 5.11 Å². The van der Waals surface area contributed by atoms with E-state index in [2.05, 4.69) is 51.1 Å². The standard InChI is InChI=1S/C17H26O/c1-13(2)15-10-9-14(3)16(12-15)8-6-7-11-17(4,5)18/h6,8-10,12-13,18H,7,11H2,1-5H3/b8-6-. The van der Waals surface area contributed by atoms with Crippen LogP contribution >= 0.6 is 0 Å². The molecule has 1 nitrogen and oxygen atoms in total. The van der Waals surface area contributed by atoms with E-state index in [1.165, 1.54) is 16.7 Å². The SMILES string of the molecule is Cc1ccc(C(C)C)cc1/C=C\CCC(C)(C)O. The average molecular weight is 246 g/mol. The zero-order valence-corrected chi connectivity index (χ0v) is 12.3. The molecule has 0 spiro atoms. The van der Waals surface area contributed by atoms with Gasteiger partial charge in [0.25, 0.3) is 0 Å². The van der Waals surface area contributed by atoms with Crippen LogP contribution in [0.15, 0.2) is 24.3 Å². The molecule has 0 unspecified atom stereocenters. The number of rotatable bonds is 5. The molecule has 0 fully saturated rings. The summed E-state index contributed by atoms with van der Waals surface area (Å²) in [4.78, 5) is 0. The minimum absolute atomic E-state index is 0.564. The summed E-state index contributed by atoms with van der Waals surface area (Å²) in [6, 6.07) is 6.65. The van der Waals surface area contributed by atoms with Gasteiger partial charge in [-0.2, -0.15) is 0 Å². The van der Waals surface area contributed by atoms with Crippen molar-refractivity contribution in [3.8, 4) is 0 Å². The number of hydrogen-bond donors (Lipinski definition) is 1. The molecular formula is C17H26O. The molecule has 0 aliphatic heterocycles. The third-order valence-corrected chi connectivity index (χ3v) is 3.19. The molecule has 0 aliphatic carbocycles. The van der Waals surface area contributed by atoms with E-state index in [4.69, 9.17) is 0 Å². The second kappa shape index (κ2) is 6.19. The van der Waals surface area contributed by atoms with Crippen LogP contribution in [0, 0.1) is 6.92 Å². The van der Waals surface area contributed by atoms with Crippen molar-refractivity contribution in [1.29, 1.82) is 0 Å². The van der Waals surface area contributed by atoms with Gasteiger partial charge in [-0.15, -0.1) is 0 Å². The van der Waals surface area contributed by atoms with Gasteiger partial charge in [0.2, 0.25) is 0 Å². The second-order valence-electron chi connectivity index (χ2n) is 6.02. The lowest BCUT2D eigenvalue weighted by molar-refractivity contribution is 0.0722. The Balaban J connectivity index is 2.71. The van der Waals surface area contributed by atoms with Crippen molar-refractivity contribution in [3.63, 3.8) is 0 Å². The molecule has 0 aromatic heterocycles. The van der Waals surface area contributed by atoms with Gasteiger partial charge in [0.1, 0.15) is 0 Å². The van der Waals surface area contributed by atoms with Crippen molar-refractivity contribution in [3.05, 3.63) is 41.0 Å². The third kappa shape index (κ3) is 5.05. The van der Waals surface area contributed by atoms with Crippen LogP contribution in [0.2, 0.25) is 0 Å². The third-order valence-electron chi connectivity index (χ3n) is 3.19. The summed E-state index contributed by atoms with van der Waals surface area (Å²) in [6.07, 6.45) is 6.04. The van der Waals surface area contributed by atoms with E-state index >= 15 is 0 Å².